The van der Waals surface area contributed by atoms with Crippen molar-refractivity contribution in [3.05, 3.63) is 17.5 Å². The summed E-state index contributed by atoms with van der Waals surface area (Å²) in [4.78, 5) is 13.4. The number of carbonyl (C=O) groups excluding carboxylic acids is 1. The van der Waals surface area contributed by atoms with Gasteiger partial charge in [0.2, 0.25) is 0 Å². The van der Waals surface area contributed by atoms with Crippen LogP contribution < -0.4 is 0 Å². The fourth-order valence-electron chi connectivity index (χ4n) is 2.28. The lowest BCUT2D eigenvalue weighted by Gasteiger charge is -2.29. The first kappa shape index (κ1) is 12.9. The SMILES string of the molecule is CCOC(=O)N1CCc2c(cnn2C(C)(C)C)C1. The molecule has 0 saturated heterocycles. The van der Waals surface area contributed by atoms with Crippen LogP contribution in [0.4, 0.5) is 4.79 Å². The van der Waals surface area contributed by atoms with Crippen LogP contribution in [0.3, 0.4) is 0 Å². The highest BCUT2D eigenvalue weighted by molar-refractivity contribution is 5.68. The third-order valence-electron chi connectivity index (χ3n) is 3.10. The number of carbonyl (C=O) groups is 1. The van der Waals surface area contributed by atoms with Gasteiger partial charge in [0, 0.05) is 24.2 Å². The van der Waals surface area contributed by atoms with Crippen molar-refractivity contribution >= 4 is 6.09 Å². The Hall–Kier alpha value is -1.52. The Kier molecular flexibility index (Phi) is 3.32. The van der Waals surface area contributed by atoms with E-state index in [1.807, 2.05) is 13.1 Å². The van der Waals surface area contributed by atoms with Crippen LogP contribution in [0.15, 0.2) is 6.20 Å². The minimum absolute atomic E-state index is 0.0142. The molecule has 0 aromatic carbocycles. The van der Waals surface area contributed by atoms with Crippen LogP contribution in [0.25, 0.3) is 0 Å². The summed E-state index contributed by atoms with van der Waals surface area (Å²) < 4.78 is 7.09. The molecule has 2 heterocycles. The van der Waals surface area contributed by atoms with Crippen LogP contribution in [-0.2, 0) is 23.2 Å². The molecule has 1 aliphatic heterocycles. The van der Waals surface area contributed by atoms with E-state index in [1.54, 1.807) is 4.90 Å². The molecule has 2 rings (SSSR count). The van der Waals surface area contributed by atoms with Gasteiger partial charge in [0.25, 0.3) is 0 Å². The topological polar surface area (TPSA) is 47.4 Å². The van der Waals surface area contributed by atoms with Gasteiger partial charge >= 0.3 is 6.09 Å². The van der Waals surface area contributed by atoms with Crippen molar-refractivity contribution < 1.29 is 9.53 Å². The second-order valence-electron chi connectivity index (χ2n) is 5.57. The average molecular weight is 251 g/mol. The molecule has 18 heavy (non-hydrogen) atoms. The molecule has 0 fully saturated rings. The van der Waals surface area contributed by atoms with Crippen molar-refractivity contribution in [3.63, 3.8) is 0 Å². The summed E-state index contributed by atoms with van der Waals surface area (Å²) in [6.45, 7) is 9.96. The van der Waals surface area contributed by atoms with E-state index in [0.717, 1.165) is 12.0 Å². The highest BCUT2D eigenvalue weighted by Gasteiger charge is 2.27. The standard InChI is InChI=1S/C13H21N3O2/c1-5-18-12(17)15-7-6-11-10(9-15)8-14-16(11)13(2,3)4/h8H,5-7,9H2,1-4H3. The molecule has 0 N–H and O–H groups in total. The molecule has 0 unspecified atom stereocenters. The maximum Gasteiger partial charge on any atom is 0.410 e. The van der Waals surface area contributed by atoms with Gasteiger partial charge in [0.1, 0.15) is 0 Å². The van der Waals surface area contributed by atoms with Crippen molar-refractivity contribution in [2.45, 2.75) is 46.2 Å². The van der Waals surface area contributed by atoms with E-state index in [9.17, 15) is 4.79 Å². The lowest BCUT2D eigenvalue weighted by atomic mass is 10.0. The first-order chi connectivity index (χ1) is 8.43. The number of rotatable bonds is 1. The molecule has 100 valence electrons. The molecular formula is C13H21N3O2. The van der Waals surface area contributed by atoms with E-state index in [1.165, 1.54) is 5.69 Å². The van der Waals surface area contributed by atoms with E-state index in [2.05, 4.69) is 30.6 Å². The van der Waals surface area contributed by atoms with Crippen LogP contribution in [-0.4, -0.2) is 33.9 Å². The predicted molar refractivity (Wildman–Crippen MR) is 68.4 cm³/mol. The van der Waals surface area contributed by atoms with Gasteiger partial charge < -0.3 is 9.64 Å². The quantitative estimate of drug-likeness (QED) is 0.768. The molecule has 1 aromatic rings. The maximum absolute atomic E-state index is 11.7. The lowest BCUT2D eigenvalue weighted by molar-refractivity contribution is 0.102. The summed E-state index contributed by atoms with van der Waals surface area (Å²) in [6, 6.07) is 0. The summed E-state index contributed by atoms with van der Waals surface area (Å²) >= 11 is 0. The van der Waals surface area contributed by atoms with Crippen LogP contribution in [0, 0.1) is 0 Å². The summed E-state index contributed by atoms with van der Waals surface area (Å²) in [5.74, 6) is 0. The third kappa shape index (κ3) is 2.35. The molecule has 5 heteroatoms. The zero-order chi connectivity index (χ0) is 13.3. The number of ether oxygens (including phenoxy) is 1. The predicted octanol–water partition coefficient (Wildman–Crippen LogP) is 2.15. The Morgan fingerprint density at radius 3 is 2.83 bits per heavy atom. The van der Waals surface area contributed by atoms with Crippen molar-refractivity contribution in [1.82, 2.24) is 14.7 Å². The Labute approximate surface area is 108 Å². The van der Waals surface area contributed by atoms with Crippen molar-refractivity contribution in [2.24, 2.45) is 0 Å². The minimum Gasteiger partial charge on any atom is -0.450 e. The fraction of sp³-hybridized carbons (Fsp3) is 0.692. The highest BCUT2D eigenvalue weighted by atomic mass is 16.6. The monoisotopic (exact) mass is 251 g/mol. The lowest BCUT2D eigenvalue weighted by Crippen LogP contribution is -2.37. The smallest absolute Gasteiger partial charge is 0.410 e. The van der Waals surface area contributed by atoms with Crippen molar-refractivity contribution in [2.75, 3.05) is 13.2 Å². The van der Waals surface area contributed by atoms with Gasteiger partial charge in [-0.1, -0.05) is 0 Å². The molecule has 0 spiro atoms. The second-order valence-corrected chi connectivity index (χ2v) is 5.57. The normalized spacial score (nSPS) is 15.4. The van der Waals surface area contributed by atoms with Gasteiger partial charge in [0.15, 0.2) is 0 Å². The number of amides is 1. The Morgan fingerprint density at radius 1 is 1.50 bits per heavy atom. The first-order valence-electron chi connectivity index (χ1n) is 6.41. The molecule has 0 bridgehead atoms. The van der Waals surface area contributed by atoms with Crippen LogP contribution in [0.1, 0.15) is 39.0 Å². The Bertz CT molecular complexity index is 446. The number of nitrogens with zero attached hydrogens (tertiary/aromatic N) is 3. The van der Waals surface area contributed by atoms with Gasteiger partial charge in [-0.3, -0.25) is 4.68 Å². The number of fused-ring (bicyclic) bond motifs is 1. The van der Waals surface area contributed by atoms with Crippen molar-refractivity contribution in [3.8, 4) is 0 Å². The van der Waals surface area contributed by atoms with E-state index in [0.29, 0.717) is 19.7 Å². The summed E-state index contributed by atoms with van der Waals surface area (Å²) in [6.07, 6.45) is 2.48. The molecule has 5 nitrogen and oxygen atoms in total. The van der Waals surface area contributed by atoms with Crippen LogP contribution >= 0.6 is 0 Å². The highest BCUT2D eigenvalue weighted by Crippen LogP contribution is 2.24. The molecule has 1 amide bonds. The molecular weight excluding hydrogens is 230 g/mol. The fourth-order valence-corrected chi connectivity index (χ4v) is 2.28. The molecule has 1 aromatic heterocycles. The zero-order valence-corrected chi connectivity index (χ0v) is 11.6. The minimum atomic E-state index is -0.230. The van der Waals surface area contributed by atoms with Gasteiger partial charge in [0.05, 0.1) is 24.9 Å². The Balaban J connectivity index is 2.17. The maximum atomic E-state index is 11.7. The molecule has 0 atom stereocenters. The largest absolute Gasteiger partial charge is 0.450 e. The molecule has 0 saturated carbocycles. The summed E-state index contributed by atoms with van der Waals surface area (Å²) in [5.41, 5.74) is 2.35. The molecule has 0 aliphatic carbocycles. The number of aromatic nitrogens is 2. The summed E-state index contributed by atoms with van der Waals surface area (Å²) in [7, 11) is 0. The summed E-state index contributed by atoms with van der Waals surface area (Å²) in [5, 5.41) is 4.45. The Morgan fingerprint density at radius 2 is 2.22 bits per heavy atom. The second kappa shape index (κ2) is 4.63. The van der Waals surface area contributed by atoms with E-state index in [4.69, 9.17) is 4.74 Å². The van der Waals surface area contributed by atoms with Gasteiger partial charge in [-0.15, -0.1) is 0 Å². The van der Waals surface area contributed by atoms with Gasteiger partial charge in [-0.25, -0.2) is 4.79 Å². The first-order valence-corrected chi connectivity index (χ1v) is 6.41. The number of hydrogen-bond donors (Lipinski definition) is 0. The van der Waals surface area contributed by atoms with Crippen LogP contribution in [0.5, 0.6) is 0 Å². The van der Waals surface area contributed by atoms with Crippen LogP contribution in [0.2, 0.25) is 0 Å². The van der Waals surface area contributed by atoms with E-state index in [-0.39, 0.29) is 11.6 Å². The van der Waals surface area contributed by atoms with E-state index >= 15 is 0 Å². The number of hydrogen-bond acceptors (Lipinski definition) is 3. The third-order valence-corrected chi connectivity index (χ3v) is 3.10. The van der Waals surface area contributed by atoms with E-state index < -0.39 is 0 Å². The van der Waals surface area contributed by atoms with Crippen molar-refractivity contribution in [1.29, 1.82) is 0 Å². The zero-order valence-electron chi connectivity index (χ0n) is 11.6. The molecule has 0 radical (unpaired) electrons. The average Bonchev–Trinajstić information content (AvgIpc) is 2.71. The van der Waals surface area contributed by atoms with Gasteiger partial charge in [-0.2, -0.15) is 5.10 Å². The van der Waals surface area contributed by atoms with Gasteiger partial charge in [-0.05, 0) is 27.7 Å². The molecule has 1 aliphatic rings.